The van der Waals surface area contributed by atoms with Crippen molar-refractivity contribution in [2.45, 2.75) is 38.8 Å². The fraction of sp³-hybridized carbons (Fsp3) is 0.524. The van der Waals surface area contributed by atoms with Crippen LogP contribution in [0, 0.1) is 0 Å². The van der Waals surface area contributed by atoms with Gasteiger partial charge in [-0.1, -0.05) is 6.92 Å². The minimum atomic E-state index is -0.297. The molecule has 0 saturated carbocycles. The smallest absolute Gasteiger partial charge is 0.258 e. The highest BCUT2D eigenvalue weighted by Gasteiger charge is 2.37. The van der Waals surface area contributed by atoms with Crippen molar-refractivity contribution in [3.8, 4) is 5.75 Å². The fourth-order valence-corrected chi connectivity index (χ4v) is 3.96. The van der Waals surface area contributed by atoms with E-state index in [9.17, 15) is 4.79 Å². The number of quaternary nitrogens is 1. The second kappa shape index (κ2) is 8.16. The minimum absolute atomic E-state index is 0.125. The molecule has 1 aromatic carbocycles. The van der Waals surface area contributed by atoms with Gasteiger partial charge in [0.25, 0.3) is 5.56 Å². The Balaban J connectivity index is 1.90. The SMILES string of the molecule is CCC(C)(C)n1nnnc1[C@@H](c1cc2cc(OC)ccc2[nH]c1=O)[NH+]1CCOCC1. The number of aromatic amines is 1. The number of rotatable bonds is 6. The molecule has 9 nitrogen and oxygen atoms in total. The summed E-state index contributed by atoms with van der Waals surface area (Å²) in [6.45, 7) is 9.16. The molecule has 0 spiro atoms. The van der Waals surface area contributed by atoms with Crippen molar-refractivity contribution in [3.63, 3.8) is 0 Å². The molecule has 160 valence electrons. The number of hydrogen-bond donors (Lipinski definition) is 2. The van der Waals surface area contributed by atoms with Crippen LogP contribution in [0.3, 0.4) is 0 Å². The van der Waals surface area contributed by atoms with E-state index in [0.717, 1.165) is 36.2 Å². The zero-order valence-electron chi connectivity index (χ0n) is 17.9. The molecule has 0 radical (unpaired) electrons. The van der Waals surface area contributed by atoms with Crippen molar-refractivity contribution in [2.24, 2.45) is 0 Å². The molecule has 0 aliphatic carbocycles. The summed E-state index contributed by atoms with van der Waals surface area (Å²) in [5, 5.41) is 13.6. The lowest BCUT2D eigenvalue weighted by atomic mass is 9.99. The van der Waals surface area contributed by atoms with Gasteiger partial charge in [0.1, 0.15) is 18.8 Å². The third-order valence-electron chi connectivity index (χ3n) is 6.12. The number of hydrogen-bond acceptors (Lipinski definition) is 6. The lowest BCUT2D eigenvalue weighted by molar-refractivity contribution is -0.934. The van der Waals surface area contributed by atoms with Gasteiger partial charge in [-0.2, -0.15) is 0 Å². The predicted molar refractivity (Wildman–Crippen MR) is 112 cm³/mol. The highest BCUT2D eigenvalue weighted by atomic mass is 16.5. The van der Waals surface area contributed by atoms with Crippen LogP contribution >= 0.6 is 0 Å². The van der Waals surface area contributed by atoms with Crippen LogP contribution in [-0.2, 0) is 10.3 Å². The van der Waals surface area contributed by atoms with Gasteiger partial charge in [0, 0.05) is 10.9 Å². The third-order valence-corrected chi connectivity index (χ3v) is 6.12. The second-order valence-corrected chi connectivity index (χ2v) is 8.33. The van der Waals surface area contributed by atoms with Crippen molar-refractivity contribution in [2.75, 3.05) is 33.4 Å². The molecule has 4 rings (SSSR count). The molecule has 9 heteroatoms. The number of aromatic nitrogens is 5. The number of tetrazole rings is 1. The van der Waals surface area contributed by atoms with Crippen molar-refractivity contribution >= 4 is 10.9 Å². The molecule has 0 unspecified atom stereocenters. The molecule has 1 fully saturated rings. The average molecular weight is 414 g/mol. The van der Waals surface area contributed by atoms with E-state index in [1.165, 1.54) is 4.90 Å². The van der Waals surface area contributed by atoms with Gasteiger partial charge in [-0.25, -0.2) is 4.68 Å². The Morgan fingerprint density at radius 1 is 1.30 bits per heavy atom. The summed E-state index contributed by atoms with van der Waals surface area (Å²) in [4.78, 5) is 17.4. The third kappa shape index (κ3) is 3.70. The van der Waals surface area contributed by atoms with Crippen molar-refractivity contribution in [1.82, 2.24) is 25.2 Å². The Kier molecular flexibility index (Phi) is 5.57. The number of H-pyrrole nitrogens is 1. The number of nitrogens with one attached hydrogen (secondary N) is 2. The van der Waals surface area contributed by atoms with Crippen LogP contribution in [0.5, 0.6) is 5.75 Å². The molecule has 3 aromatic rings. The van der Waals surface area contributed by atoms with E-state index >= 15 is 0 Å². The van der Waals surface area contributed by atoms with E-state index < -0.39 is 0 Å². The van der Waals surface area contributed by atoms with Crippen molar-refractivity contribution in [1.29, 1.82) is 0 Å². The van der Waals surface area contributed by atoms with Gasteiger partial charge in [-0.05, 0) is 55.0 Å². The Bertz CT molecular complexity index is 1080. The Morgan fingerprint density at radius 2 is 2.07 bits per heavy atom. The zero-order valence-corrected chi connectivity index (χ0v) is 17.9. The quantitative estimate of drug-likeness (QED) is 0.616. The van der Waals surface area contributed by atoms with Crippen LogP contribution < -0.4 is 15.2 Å². The molecule has 1 aliphatic heterocycles. The number of pyridine rings is 1. The molecule has 2 N–H and O–H groups in total. The van der Waals surface area contributed by atoms with Gasteiger partial charge in [0.2, 0.25) is 5.82 Å². The van der Waals surface area contributed by atoms with Crippen molar-refractivity contribution < 1.29 is 14.4 Å². The van der Waals surface area contributed by atoms with Crippen LogP contribution in [0.25, 0.3) is 10.9 Å². The Morgan fingerprint density at radius 3 is 2.77 bits per heavy atom. The van der Waals surface area contributed by atoms with E-state index in [-0.39, 0.29) is 17.1 Å². The van der Waals surface area contributed by atoms with Gasteiger partial charge >= 0.3 is 0 Å². The molecule has 1 saturated heterocycles. The lowest BCUT2D eigenvalue weighted by Gasteiger charge is -2.32. The minimum Gasteiger partial charge on any atom is -0.497 e. The van der Waals surface area contributed by atoms with E-state index in [0.29, 0.717) is 24.6 Å². The number of benzene rings is 1. The molecule has 2 aromatic heterocycles. The summed E-state index contributed by atoms with van der Waals surface area (Å²) in [5.41, 5.74) is 1.03. The maximum atomic E-state index is 13.2. The van der Waals surface area contributed by atoms with Gasteiger partial charge < -0.3 is 19.4 Å². The van der Waals surface area contributed by atoms with Crippen LogP contribution in [0.2, 0.25) is 0 Å². The summed E-state index contributed by atoms with van der Waals surface area (Å²) in [5.74, 6) is 1.44. The van der Waals surface area contributed by atoms with Gasteiger partial charge in [-0.3, -0.25) is 4.79 Å². The monoisotopic (exact) mass is 413 g/mol. The normalized spacial score (nSPS) is 16.7. The first-order valence-corrected chi connectivity index (χ1v) is 10.4. The maximum absolute atomic E-state index is 13.2. The molecular formula is C21H29N6O3+. The average Bonchev–Trinajstić information content (AvgIpc) is 3.25. The number of nitrogens with zero attached hydrogens (tertiary/aromatic N) is 4. The number of morpholine rings is 1. The fourth-order valence-electron chi connectivity index (χ4n) is 3.96. The maximum Gasteiger partial charge on any atom is 0.258 e. The summed E-state index contributed by atoms with van der Waals surface area (Å²) in [6, 6.07) is 7.28. The van der Waals surface area contributed by atoms with E-state index in [1.807, 2.05) is 28.9 Å². The molecule has 1 aliphatic rings. The summed E-state index contributed by atoms with van der Waals surface area (Å²) in [6.07, 6.45) is 0.863. The number of fused-ring (bicyclic) bond motifs is 1. The zero-order chi connectivity index (χ0) is 21.3. The molecule has 3 heterocycles. The van der Waals surface area contributed by atoms with Crippen LogP contribution in [0.4, 0.5) is 0 Å². The number of ether oxygens (including phenoxy) is 2. The molecule has 1 atom stereocenters. The first-order valence-electron chi connectivity index (χ1n) is 10.4. The first-order chi connectivity index (χ1) is 14.4. The van der Waals surface area contributed by atoms with Crippen LogP contribution in [-0.4, -0.2) is 58.6 Å². The molecule has 0 bridgehead atoms. The molecule has 30 heavy (non-hydrogen) atoms. The van der Waals surface area contributed by atoms with Crippen LogP contribution in [0.15, 0.2) is 29.1 Å². The Labute approximate surface area is 175 Å². The van der Waals surface area contributed by atoms with Gasteiger partial charge in [-0.15, -0.1) is 5.10 Å². The van der Waals surface area contributed by atoms with Crippen molar-refractivity contribution in [3.05, 3.63) is 46.0 Å². The number of methoxy groups -OCH3 is 1. The first kappa shape index (κ1) is 20.5. The highest BCUT2D eigenvalue weighted by Crippen LogP contribution is 2.26. The topological polar surface area (TPSA) is 99.4 Å². The van der Waals surface area contributed by atoms with E-state index in [1.54, 1.807) is 7.11 Å². The van der Waals surface area contributed by atoms with E-state index in [4.69, 9.17) is 9.47 Å². The standard InChI is InChI=1S/C21H28N6O3/c1-5-21(2,3)27-19(23-24-25-27)18(26-8-10-30-11-9-26)16-13-14-12-15(29-4)6-7-17(14)22-20(16)28/h6-7,12-13,18H,5,8-11H2,1-4H3,(H,22,28)/p+1/t18-/m1/s1. The van der Waals surface area contributed by atoms with Gasteiger partial charge in [0.15, 0.2) is 6.04 Å². The van der Waals surface area contributed by atoms with E-state index in [2.05, 4.69) is 41.3 Å². The Hall–Kier alpha value is -2.78. The summed E-state index contributed by atoms with van der Waals surface area (Å²) < 4.78 is 12.8. The largest absolute Gasteiger partial charge is 0.497 e. The second-order valence-electron chi connectivity index (χ2n) is 8.33. The van der Waals surface area contributed by atoms with Gasteiger partial charge in [0.05, 0.1) is 31.4 Å². The lowest BCUT2D eigenvalue weighted by Crippen LogP contribution is -3.14. The van der Waals surface area contributed by atoms with Crippen LogP contribution in [0.1, 0.15) is 44.6 Å². The molecular weight excluding hydrogens is 384 g/mol. The molecule has 0 amide bonds. The summed E-state index contributed by atoms with van der Waals surface area (Å²) >= 11 is 0. The highest BCUT2D eigenvalue weighted by molar-refractivity contribution is 5.80. The summed E-state index contributed by atoms with van der Waals surface area (Å²) in [7, 11) is 1.63. The predicted octanol–water partition coefficient (Wildman–Crippen LogP) is 0.673.